The molecule has 1 aliphatic carbocycles. The van der Waals surface area contributed by atoms with Gasteiger partial charge in [0.2, 0.25) is 5.91 Å². The summed E-state index contributed by atoms with van der Waals surface area (Å²) in [6.45, 7) is 8.92. The lowest BCUT2D eigenvalue weighted by Crippen LogP contribution is -2.30. The van der Waals surface area contributed by atoms with E-state index in [1.807, 2.05) is 6.92 Å². The van der Waals surface area contributed by atoms with E-state index >= 15 is 0 Å². The minimum absolute atomic E-state index is 0.0558. The molecule has 0 fully saturated rings. The first-order chi connectivity index (χ1) is 12.3. The molecule has 2 atom stereocenters. The van der Waals surface area contributed by atoms with Crippen LogP contribution >= 0.6 is 23.1 Å². The van der Waals surface area contributed by atoms with Gasteiger partial charge >= 0.3 is 0 Å². The summed E-state index contributed by atoms with van der Waals surface area (Å²) in [7, 11) is 1.63. The Kier molecular flexibility index (Phi) is 5.77. The Labute approximate surface area is 162 Å². The average molecular weight is 394 g/mol. The van der Waals surface area contributed by atoms with Crippen molar-refractivity contribution in [2.45, 2.75) is 63.9 Å². The first-order valence-corrected chi connectivity index (χ1v) is 10.9. The normalized spacial score (nSPS) is 18.2. The van der Waals surface area contributed by atoms with Crippen LogP contribution in [0.2, 0.25) is 0 Å². The third kappa shape index (κ3) is 3.69. The summed E-state index contributed by atoms with van der Waals surface area (Å²) in [5, 5.41) is 3.84. The van der Waals surface area contributed by atoms with Gasteiger partial charge in [-0.15, -0.1) is 11.3 Å². The molecule has 5 nitrogen and oxygen atoms in total. The smallest absolute Gasteiger partial charge is 0.263 e. The third-order valence-electron chi connectivity index (χ3n) is 4.83. The number of thiophene rings is 1. The summed E-state index contributed by atoms with van der Waals surface area (Å²) in [6, 6.07) is 0. The summed E-state index contributed by atoms with van der Waals surface area (Å²) in [5.74, 6) is 0.936. The highest BCUT2D eigenvalue weighted by Crippen LogP contribution is 2.37. The summed E-state index contributed by atoms with van der Waals surface area (Å²) in [4.78, 5) is 32.3. The zero-order valence-electron chi connectivity index (χ0n) is 16.1. The van der Waals surface area contributed by atoms with Crippen LogP contribution in [0.1, 0.15) is 44.6 Å². The molecule has 2 aromatic heterocycles. The van der Waals surface area contributed by atoms with E-state index in [0.29, 0.717) is 23.5 Å². The Balaban J connectivity index is 2.14. The molecule has 0 saturated heterocycles. The largest absolute Gasteiger partial charge is 0.358 e. The molecule has 142 valence electrons. The van der Waals surface area contributed by atoms with Gasteiger partial charge in [0.1, 0.15) is 4.83 Å². The van der Waals surface area contributed by atoms with E-state index in [2.05, 4.69) is 26.1 Å². The lowest BCUT2D eigenvalue weighted by molar-refractivity contribution is -0.119. The maximum Gasteiger partial charge on any atom is 0.263 e. The van der Waals surface area contributed by atoms with Crippen LogP contribution in [0.5, 0.6) is 0 Å². The molecule has 0 unspecified atom stereocenters. The van der Waals surface area contributed by atoms with Gasteiger partial charge in [0, 0.05) is 18.5 Å². The number of nitrogens with one attached hydrogen (secondary N) is 1. The van der Waals surface area contributed by atoms with Gasteiger partial charge in [-0.3, -0.25) is 14.2 Å². The van der Waals surface area contributed by atoms with Crippen molar-refractivity contribution in [3.8, 4) is 0 Å². The van der Waals surface area contributed by atoms with Gasteiger partial charge in [0.15, 0.2) is 5.16 Å². The zero-order chi connectivity index (χ0) is 19.0. The van der Waals surface area contributed by atoms with Gasteiger partial charge in [-0.25, -0.2) is 4.98 Å². The Hall–Kier alpha value is -1.34. The standard InChI is InChI=1S/C19H27N3O2S2/c1-10(2)9-22-18(24)15-13-7-6-11(3)8-14(13)26-17(15)21-19(22)25-12(4)16(23)20-5/h10-12H,6-9H2,1-5H3,(H,20,23)/t11-,12-/m0/s1. The fraction of sp³-hybridized carbons (Fsp3) is 0.632. The fourth-order valence-electron chi connectivity index (χ4n) is 3.44. The van der Waals surface area contributed by atoms with Gasteiger partial charge in [0.05, 0.1) is 10.6 Å². The molecule has 1 aliphatic rings. The number of carbonyl (C=O) groups is 1. The van der Waals surface area contributed by atoms with Crippen LogP contribution in [-0.4, -0.2) is 27.8 Å². The summed E-state index contributed by atoms with van der Waals surface area (Å²) in [5.41, 5.74) is 1.27. The van der Waals surface area contributed by atoms with Crippen molar-refractivity contribution in [3.05, 3.63) is 20.8 Å². The summed E-state index contributed by atoms with van der Waals surface area (Å²) >= 11 is 3.03. The highest BCUT2D eigenvalue weighted by atomic mass is 32.2. The molecule has 2 aromatic rings. The summed E-state index contributed by atoms with van der Waals surface area (Å²) in [6.07, 6.45) is 3.14. The molecule has 0 aliphatic heterocycles. The van der Waals surface area contributed by atoms with Gasteiger partial charge in [-0.05, 0) is 43.6 Å². The number of rotatable bonds is 5. The average Bonchev–Trinajstić information content (AvgIpc) is 2.94. The number of carbonyl (C=O) groups excluding carboxylic acids is 1. The highest BCUT2D eigenvalue weighted by Gasteiger charge is 2.26. The number of hydrogen-bond acceptors (Lipinski definition) is 5. The van der Waals surface area contributed by atoms with Crippen LogP contribution in [0.15, 0.2) is 9.95 Å². The van der Waals surface area contributed by atoms with Crippen LogP contribution in [0.25, 0.3) is 10.2 Å². The molecule has 0 radical (unpaired) electrons. The number of fused-ring (bicyclic) bond motifs is 3. The molecule has 26 heavy (non-hydrogen) atoms. The van der Waals surface area contributed by atoms with Crippen molar-refractivity contribution in [2.24, 2.45) is 11.8 Å². The quantitative estimate of drug-likeness (QED) is 0.624. The van der Waals surface area contributed by atoms with Crippen molar-refractivity contribution in [1.82, 2.24) is 14.9 Å². The molecular formula is C19H27N3O2S2. The minimum Gasteiger partial charge on any atom is -0.358 e. The maximum absolute atomic E-state index is 13.3. The molecule has 0 saturated carbocycles. The minimum atomic E-state index is -0.294. The number of aromatic nitrogens is 2. The molecule has 1 N–H and O–H groups in total. The summed E-state index contributed by atoms with van der Waals surface area (Å²) < 4.78 is 1.78. The van der Waals surface area contributed by atoms with Crippen molar-refractivity contribution in [1.29, 1.82) is 0 Å². The first kappa shape index (κ1) is 19.4. The second-order valence-corrected chi connectivity index (χ2v) is 10.0. The number of nitrogens with zero attached hydrogens (tertiary/aromatic N) is 2. The van der Waals surface area contributed by atoms with Crippen LogP contribution < -0.4 is 10.9 Å². The van der Waals surface area contributed by atoms with E-state index in [-0.39, 0.29) is 16.7 Å². The number of hydrogen-bond donors (Lipinski definition) is 1. The second kappa shape index (κ2) is 7.72. The van der Waals surface area contributed by atoms with E-state index < -0.39 is 0 Å². The van der Waals surface area contributed by atoms with E-state index in [1.165, 1.54) is 22.2 Å². The predicted molar refractivity (Wildman–Crippen MR) is 109 cm³/mol. The van der Waals surface area contributed by atoms with E-state index in [0.717, 1.165) is 29.5 Å². The van der Waals surface area contributed by atoms with Crippen molar-refractivity contribution < 1.29 is 4.79 Å². The molecule has 2 heterocycles. The second-order valence-electron chi connectivity index (χ2n) is 7.61. The molecule has 0 bridgehead atoms. The van der Waals surface area contributed by atoms with E-state index in [4.69, 9.17) is 4.98 Å². The number of thioether (sulfide) groups is 1. The molecule has 0 spiro atoms. The Morgan fingerprint density at radius 1 is 1.42 bits per heavy atom. The van der Waals surface area contributed by atoms with Gasteiger partial charge < -0.3 is 5.32 Å². The third-order valence-corrected chi connectivity index (χ3v) is 7.06. The van der Waals surface area contributed by atoms with E-state index in [1.54, 1.807) is 23.0 Å². The molecular weight excluding hydrogens is 366 g/mol. The number of aryl methyl sites for hydroxylation is 1. The Morgan fingerprint density at radius 2 is 2.15 bits per heavy atom. The molecule has 7 heteroatoms. The topological polar surface area (TPSA) is 64.0 Å². The lowest BCUT2D eigenvalue weighted by atomic mass is 9.89. The SMILES string of the molecule is CNC(=O)[C@H](C)Sc1nc2sc3c(c2c(=O)n1CC(C)C)CC[C@H](C)C3. The molecule has 1 amide bonds. The van der Waals surface area contributed by atoms with Gasteiger partial charge in [-0.1, -0.05) is 32.5 Å². The van der Waals surface area contributed by atoms with Crippen molar-refractivity contribution in [3.63, 3.8) is 0 Å². The Morgan fingerprint density at radius 3 is 2.81 bits per heavy atom. The lowest BCUT2D eigenvalue weighted by Gasteiger charge is -2.18. The van der Waals surface area contributed by atoms with Crippen molar-refractivity contribution in [2.75, 3.05) is 7.05 Å². The number of amides is 1. The molecule has 0 aromatic carbocycles. The maximum atomic E-state index is 13.3. The first-order valence-electron chi connectivity index (χ1n) is 9.25. The fourth-order valence-corrected chi connectivity index (χ4v) is 5.84. The van der Waals surface area contributed by atoms with Crippen LogP contribution in [0.3, 0.4) is 0 Å². The van der Waals surface area contributed by atoms with Crippen LogP contribution in [0.4, 0.5) is 0 Å². The van der Waals surface area contributed by atoms with Gasteiger partial charge in [-0.2, -0.15) is 0 Å². The van der Waals surface area contributed by atoms with Gasteiger partial charge in [0.25, 0.3) is 5.56 Å². The monoisotopic (exact) mass is 393 g/mol. The predicted octanol–water partition coefficient (Wildman–Crippen LogP) is 3.47. The Bertz CT molecular complexity index is 885. The highest BCUT2D eigenvalue weighted by molar-refractivity contribution is 8.00. The van der Waals surface area contributed by atoms with Crippen LogP contribution in [0, 0.1) is 11.8 Å². The molecule has 3 rings (SSSR count). The van der Waals surface area contributed by atoms with E-state index in [9.17, 15) is 9.59 Å². The van der Waals surface area contributed by atoms with Crippen LogP contribution in [-0.2, 0) is 24.2 Å². The zero-order valence-corrected chi connectivity index (χ0v) is 17.7. The van der Waals surface area contributed by atoms with Crippen molar-refractivity contribution >= 4 is 39.2 Å².